The lowest BCUT2D eigenvalue weighted by Crippen LogP contribution is -3.18. The number of hydrogen-bond acceptors (Lipinski definition) is 4. The van der Waals surface area contributed by atoms with Gasteiger partial charge in [-0.25, -0.2) is 9.69 Å². The molecule has 2 unspecified atom stereocenters. The number of amides is 2. The Morgan fingerprint density at radius 3 is 2.65 bits per heavy atom. The van der Waals surface area contributed by atoms with Gasteiger partial charge in [0.25, 0.3) is 0 Å². The molecule has 2 amide bonds. The largest absolute Gasteiger partial charge is 0.443 e. The zero-order valence-corrected chi connectivity index (χ0v) is 10.6. The average Bonchev–Trinajstić information content (AvgIpc) is 2.42. The van der Waals surface area contributed by atoms with E-state index in [1.807, 2.05) is 13.8 Å². The van der Waals surface area contributed by atoms with E-state index in [4.69, 9.17) is 4.55 Å². The first kappa shape index (κ1) is 12.7. The molecule has 0 aromatic carbocycles. The van der Waals surface area contributed by atoms with Crippen LogP contribution in [0.15, 0.2) is 0 Å². The minimum Gasteiger partial charge on any atom is -0.262 e. The molecule has 3 atom stereocenters. The Hall–Kier alpha value is -0.700. The molecule has 0 saturated carbocycles. The van der Waals surface area contributed by atoms with E-state index in [0.717, 1.165) is 16.4 Å². The molecular weight excluding hydrogens is 248 g/mol. The van der Waals surface area contributed by atoms with Gasteiger partial charge in [0, 0.05) is 12.3 Å². The third kappa shape index (κ3) is 2.44. The highest BCUT2D eigenvalue weighted by Gasteiger charge is 2.52. The normalized spacial score (nSPS) is 33.5. The van der Waals surface area contributed by atoms with Crippen LogP contribution in [0, 0.1) is 5.92 Å². The fourth-order valence-electron chi connectivity index (χ4n) is 2.74. The number of piperidine rings is 1. The summed E-state index contributed by atoms with van der Waals surface area (Å²) in [7, 11) is -4.63. The number of quaternary nitrogens is 1. The van der Waals surface area contributed by atoms with E-state index in [9.17, 15) is 13.2 Å². The van der Waals surface area contributed by atoms with Gasteiger partial charge in [-0.1, -0.05) is 13.8 Å². The van der Waals surface area contributed by atoms with Crippen molar-refractivity contribution in [3.8, 4) is 0 Å². The van der Waals surface area contributed by atoms with Crippen LogP contribution in [-0.2, 0) is 14.7 Å². The van der Waals surface area contributed by atoms with Crippen LogP contribution in [0.1, 0.15) is 26.7 Å². The van der Waals surface area contributed by atoms with E-state index in [1.165, 1.54) is 0 Å². The molecule has 0 radical (unpaired) electrons. The van der Waals surface area contributed by atoms with Gasteiger partial charge < -0.3 is 0 Å². The monoisotopic (exact) mass is 265 g/mol. The second-order valence-electron chi connectivity index (χ2n) is 4.94. The summed E-state index contributed by atoms with van der Waals surface area (Å²) in [6.45, 7) is 4.62. The zero-order chi connectivity index (χ0) is 12.8. The predicted octanol–water partition coefficient (Wildman–Crippen LogP) is -0.772. The summed E-state index contributed by atoms with van der Waals surface area (Å²) in [6, 6.07) is -0.466. The van der Waals surface area contributed by atoms with Crippen LogP contribution in [0.5, 0.6) is 0 Å². The first-order valence-corrected chi connectivity index (χ1v) is 7.02. The molecule has 2 saturated heterocycles. The summed E-state index contributed by atoms with van der Waals surface area (Å²) >= 11 is 0. The molecule has 0 aromatic heterocycles. The molecule has 2 bridgehead atoms. The summed E-state index contributed by atoms with van der Waals surface area (Å²) in [6.07, 6.45) is 1.56. The average molecular weight is 265 g/mol. The van der Waals surface area contributed by atoms with Crippen molar-refractivity contribution < 1.29 is 26.9 Å². The summed E-state index contributed by atoms with van der Waals surface area (Å²) in [5.41, 5.74) is 0. The number of carbonyl (C=O) groups excluding carboxylic acids is 1. The standard InChI is InChI=1S/C9H16N2O5S/c1-6(2)8-4-3-7-5-10(8)9(12)11(7)16-17(13,14)15/h6-8H,3-5H2,1-2H3,(H,13,14,15)/p+1/t7-,8?/m1/s1. The van der Waals surface area contributed by atoms with Crippen LogP contribution in [0.4, 0.5) is 4.79 Å². The molecule has 2 rings (SSSR count). The predicted molar refractivity (Wildman–Crippen MR) is 57.3 cm³/mol. The Morgan fingerprint density at radius 2 is 2.12 bits per heavy atom. The van der Waals surface area contributed by atoms with Crippen LogP contribution in [0.2, 0.25) is 0 Å². The lowest BCUT2D eigenvalue weighted by Gasteiger charge is -2.28. The molecule has 2 fully saturated rings. The van der Waals surface area contributed by atoms with Gasteiger partial charge in [0.2, 0.25) is 0 Å². The van der Waals surface area contributed by atoms with Gasteiger partial charge >= 0.3 is 16.4 Å². The van der Waals surface area contributed by atoms with Crippen LogP contribution in [-0.4, -0.2) is 42.7 Å². The lowest BCUT2D eigenvalue weighted by atomic mass is 9.92. The zero-order valence-electron chi connectivity index (χ0n) is 9.79. The number of hydrogen-bond donors (Lipinski definition) is 2. The highest BCUT2D eigenvalue weighted by molar-refractivity contribution is 7.80. The van der Waals surface area contributed by atoms with Crippen LogP contribution in [0.25, 0.3) is 0 Å². The van der Waals surface area contributed by atoms with Crippen molar-refractivity contribution in [1.29, 1.82) is 0 Å². The highest BCUT2D eigenvalue weighted by atomic mass is 32.3. The van der Waals surface area contributed by atoms with Crippen LogP contribution < -0.4 is 4.90 Å². The molecule has 0 spiro atoms. The molecular formula is C9H17N2O5S+. The quantitative estimate of drug-likeness (QED) is 0.654. The highest BCUT2D eigenvalue weighted by Crippen LogP contribution is 2.21. The number of rotatable bonds is 3. The molecule has 2 aliphatic heterocycles. The maximum Gasteiger partial charge on any atom is 0.443 e. The maximum atomic E-state index is 12.0. The van der Waals surface area contributed by atoms with Crippen molar-refractivity contribution in [2.24, 2.45) is 5.92 Å². The van der Waals surface area contributed by atoms with Crippen LogP contribution >= 0.6 is 0 Å². The van der Waals surface area contributed by atoms with Crippen molar-refractivity contribution in [1.82, 2.24) is 5.06 Å². The molecule has 8 heteroatoms. The van der Waals surface area contributed by atoms with Gasteiger partial charge in [-0.3, -0.25) is 4.55 Å². The van der Waals surface area contributed by atoms with Crippen molar-refractivity contribution in [3.05, 3.63) is 0 Å². The number of carbonyl (C=O) groups is 1. The molecule has 17 heavy (non-hydrogen) atoms. The van der Waals surface area contributed by atoms with E-state index >= 15 is 0 Å². The van der Waals surface area contributed by atoms with E-state index < -0.39 is 16.4 Å². The second-order valence-corrected chi connectivity index (χ2v) is 5.95. The van der Waals surface area contributed by atoms with Crippen molar-refractivity contribution in [3.63, 3.8) is 0 Å². The molecule has 2 N–H and O–H groups in total. The summed E-state index contributed by atoms with van der Waals surface area (Å²) in [5.74, 6) is 0.348. The van der Waals surface area contributed by atoms with Gasteiger partial charge in [0.05, 0.1) is 6.04 Å². The van der Waals surface area contributed by atoms with E-state index in [0.29, 0.717) is 18.9 Å². The maximum absolute atomic E-state index is 12.0. The van der Waals surface area contributed by atoms with Crippen LogP contribution in [0.3, 0.4) is 0 Å². The molecule has 0 aliphatic carbocycles. The Morgan fingerprint density at radius 1 is 1.47 bits per heavy atom. The van der Waals surface area contributed by atoms with Gasteiger partial charge in [-0.05, 0) is 6.42 Å². The smallest absolute Gasteiger partial charge is 0.262 e. The third-order valence-electron chi connectivity index (χ3n) is 3.50. The fraction of sp³-hybridized carbons (Fsp3) is 0.889. The van der Waals surface area contributed by atoms with Gasteiger partial charge in [-0.15, -0.1) is 9.35 Å². The lowest BCUT2D eigenvalue weighted by molar-refractivity contribution is -0.845. The Kier molecular flexibility index (Phi) is 3.15. The molecule has 2 heterocycles. The number of nitrogens with zero attached hydrogens (tertiary/aromatic N) is 1. The molecule has 2 aliphatic rings. The van der Waals surface area contributed by atoms with E-state index in [-0.39, 0.29) is 12.1 Å². The molecule has 7 nitrogen and oxygen atoms in total. The van der Waals surface area contributed by atoms with E-state index in [2.05, 4.69) is 4.28 Å². The number of urea groups is 1. The van der Waals surface area contributed by atoms with Gasteiger partial charge in [-0.2, -0.15) is 8.42 Å². The van der Waals surface area contributed by atoms with E-state index in [1.54, 1.807) is 0 Å². The summed E-state index contributed by atoms with van der Waals surface area (Å²) in [5, 5.41) is 0.813. The molecule has 98 valence electrons. The van der Waals surface area contributed by atoms with Crippen molar-refractivity contribution >= 4 is 16.4 Å². The fourth-order valence-corrected chi connectivity index (χ4v) is 3.13. The summed E-state index contributed by atoms with van der Waals surface area (Å²) in [4.78, 5) is 12.7. The molecule has 0 aromatic rings. The van der Waals surface area contributed by atoms with Gasteiger partial charge in [0.1, 0.15) is 12.6 Å². The first-order chi connectivity index (χ1) is 7.79. The number of nitrogens with one attached hydrogen (secondary N) is 1. The second kappa shape index (κ2) is 4.20. The minimum atomic E-state index is -4.63. The first-order valence-electron chi connectivity index (χ1n) is 5.66. The van der Waals surface area contributed by atoms with Crippen molar-refractivity contribution in [2.75, 3.05) is 6.54 Å². The Labute approximate surface area is 100 Å². The minimum absolute atomic E-state index is 0.189. The Balaban J connectivity index is 2.17. The number of fused-ring (bicyclic) bond motifs is 2. The van der Waals surface area contributed by atoms with Gasteiger partial charge in [0.15, 0.2) is 0 Å². The topological polar surface area (TPSA) is 88.4 Å². The third-order valence-corrected chi connectivity index (χ3v) is 3.85. The van der Waals surface area contributed by atoms with Crippen molar-refractivity contribution in [2.45, 2.75) is 38.8 Å². The Bertz CT molecular complexity index is 421. The summed E-state index contributed by atoms with van der Waals surface area (Å²) < 4.78 is 34.3. The SMILES string of the molecule is CC(C)C1CC[C@@H]2C[NH+]1C(=O)N2OS(=O)(=O)O. The number of hydroxylamine groups is 2.